The molecule has 2 atom stereocenters. The number of imidazole rings is 1. The van der Waals surface area contributed by atoms with Gasteiger partial charge in [0.2, 0.25) is 0 Å². The van der Waals surface area contributed by atoms with Crippen LogP contribution in [0.5, 0.6) is 0 Å². The Morgan fingerprint density at radius 2 is 1.06 bits per heavy atom. The van der Waals surface area contributed by atoms with Crippen molar-refractivity contribution >= 4 is 0 Å². The van der Waals surface area contributed by atoms with Crippen LogP contribution in [0, 0.1) is 0 Å². The lowest BCUT2D eigenvalue weighted by Gasteiger charge is -2.16. The summed E-state index contributed by atoms with van der Waals surface area (Å²) in [5, 5.41) is 0. The molecule has 2 unspecified atom stereocenters. The maximum atomic E-state index is 3.61. The van der Waals surface area contributed by atoms with Crippen molar-refractivity contribution in [2.24, 2.45) is 0 Å². The highest BCUT2D eigenvalue weighted by molar-refractivity contribution is 4.89. The molecule has 0 saturated carbocycles. The zero-order valence-corrected chi connectivity index (χ0v) is 22.6. The lowest BCUT2D eigenvalue weighted by Crippen LogP contribution is -2.41. The van der Waals surface area contributed by atoms with Gasteiger partial charge in [0.15, 0.2) is 0 Å². The fourth-order valence-corrected chi connectivity index (χ4v) is 5.20. The van der Waals surface area contributed by atoms with Crippen molar-refractivity contribution in [1.29, 1.82) is 0 Å². The summed E-state index contributed by atoms with van der Waals surface area (Å²) >= 11 is 0. The molecule has 0 aliphatic heterocycles. The van der Waals surface area contributed by atoms with Crippen LogP contribution < -0.4 is 4.57 Å². The van der Waals surface area contributed by atoms with Crippen molar-refractivity contribution in [2.45, 2.75) is 174 Å². The Morgan fingerprint density at radius 1 is 0.625 bits per heavy atom. The molecule has 32 heavy (non-hydrogen) atoms. The van der Waals surface area contributed by atoms with Crippen molar-refractivity contribution in [3.63, 3.8) is 0 Å². The van der Waals surface area contributed by atoms with E-state index in [-0.39, 0.29) is 0 Å². The number of aromatic amines is 1. The molecule has 0 aliphatic carbocycles. The number of hydrogen-bond donors (Lipinski definition) is 1. The molecule has 0 bridgehead atoms. The maximum Gasteiger partial charge on any atom is 0.257 e. The van der Waals surface area contributed by atoms with Gasteiger partial charge in [-0.1, -0.05) is 130 Å². The monoisotopic (exact) mass is 447 g/mol. The van der Waals surface area contributed by atoms with E-state index in [1.807, 2.05) is 0 Å². The zero-order valence-electron chi connectivity index (χ0n) is 22.6. The SMILES string of the molecule is CCCCCCCCCCCCCCC(C)[n+]1cc[nH]c1C(CC)CCCCCCCC. The van der Waals surface area contributed by atoms with Gasteiger partial charge in [0.05, 0.1) is 12.0 Å². The minimum Gasteiger partial charge on any atom is -0.247 e. The summed E-state index contributed by atoms with van der Waals surface area (Å²) in [6, 6.07) is 0.623. The van der Waals surface area contributed by atoms with E-state index < -0.39 is 0 Å². The van der Waals surface area contributed by atoms with E-state index in [1.165, 1.54) is 141 Å². The van der Waals surface area contributed by atoms with Crippen LogP contribution in [0.15, 0.2) is 12.4 Å². The topological polar surface area (TPSA) is 19.7 Å². The Hall–Kier alpha value is -0.790. The molecule has 0 aliphatic rings. The predicted molar refractivity (Wildman–Crippen MR) is 142 cm³/mol. The molecule has 1 aromatic heterocycles. The molecule has 0 saturated heterocycles. The van der Waals surface area contributed by atoms with Crippen LogP contribution in [0.2, 0.25) is 0 Å². The Bertz CT molecular complexity index is 507. The first-order valence-corrected chi connectivity index (χ1v) is 14.8. The van der Waals surface area contributed by atoms with Crippen LogP contribution in [0.4, 0.5) is 0 Å². The van der Waals surface area contributed by atoms with E-state index in [0.29, 0.717) is 12.0 Å². The molecule has 0 spiro atoms. The van der Waals surface area contributed by atoms with E-state index in [9.17, 15) is 0 Å². The highest BCUT2D eigenvalue weighted by Crippen LogP contribution is 2.24. The number of nitrogens with zero attached hydrogens (tertiary/aromatic N) is 1. The van der Waals surface area contributed by atoms with Crippen LogP contribution in [0.25, 0.3) is 0 Å². The number of hydrogen-bond acceptors (Lipinski definition) is 0. The summed E-state index contributed by atoms with van der Waals surface area (Å²) in [5.41, 5.74) is 0. The lowest BCUT2D eigenvalue weighted by atomic mass is 9.96. The number of nitrogens with one attached hydrogen (secondary N) is 1. The molecule has 1 aromatic rings. The minimum atomic E-state index is 0.623. The quantitative estimate of drug-likeness (QED) is 0.127. The Morgan fingerprint density at radius 3 is 1.53 bits per heavy atom. The number of H-pyrrole nitrogens is 1. The summed E-state index contributed by atoms with van der Waals surface area (Å²) in [5.74, 6) is 2.17. The van der Waals surface area contributed by atoms with Gasteiger partial charge in [-0.05, 0) is 32.6 Å². The first kappa shape index (κ1) is 29.2. The smallest absolute Gasteiger partial charge is 0.247 e. The van der Waals surface area contributed by atoms with Gasteiger partial charge in [-0.15, -0.1) is 0 Å². The molecule has 2 heteroatoms. The van der Waals surface area contributed by atoms with E-state index in [4.69, 9.17) is 0 Å². The molecule has 188 valence electrons. The van der Waals surface area contributed by atoms with Crippen molar-refractivity contribution < 1.29 is 4.57 Å². The molecule has 0 fully saturated rings. The minimum absolute atomic E-state index is 0.623. The summed E-state index contributed by atoms with van der Waals surface area (Å²) in [4.78, 5) is 3.61. The fourth-order valence-electron chi connectivity index (χ4n) is 5.20. The van der Waals surface area contributed by atoms with Gasteiger partial charge in [0.25, 0.3) is 5.82 Å². The second-order valence-corrected chi connectivity index (χ2v) is 10.4. The van der Waals surface area contributed by atoms with E-state index in [2.05, 4.69) is 49.6 Å². The molecule has 1 N–H and O–H groups in total. The largest absolute Gasteiger partial charge is 0.257 e. The Balaban J connectivity index is 2.16. The van der Waals surface area contributed by atoms with Crippen molar-refractivity contribution in [3.8, 4) is 0 Å². The Kier molecular flexibility index (Phi) is 19.0. The molecule has 0 aromatic carbocycles. The van der Waals surface area contributed by atoms with Crippen molar-refractivity contribution in [1.82, 2.24) is 4.98 Å². The van der Waals surface area contributed by atoms with Gasteiger partial charge in [-0.2, -0.15) is 0 Å². The average molecular weight is 448 g/mol. The van der Waals surface area contributed by atoms with Crippen LogP contribution >= 0.6 is 0 Å². The summed E-state index contributed by atoms with van der Waals surface area (Å²) < 4.78 is 2.56. The molecule has 2 nitrogen and oxygen atoms in total. The number of unbranched alkanes of at least 4 members (excludes halogenated alkanes) is 16. The van der Waals surface area contributed by atoms with Gasteiger partial charge < -0.3 is 0 Å². The molecule has 0 amide bonds. The van der Waals surface area contributed by atoms with Gasteiger partial charge >= 0.3 is 0 Å². The van der Waals surface area contributed by atoms with E-state index in [1.54, 1.807) is 0 Å². The second kappa shape index (κ2) is 20.8. The summed E-state index contributed by atoms with van der Waals surface area (Å²) in [6.07, 6.45) is 34.0. The van der Waals surface area contributed by atoms with Crippen LogP contribution in [-0.2, 0) is 0 Å². The van der Waals surface area contributed by atoms with Crippen molar-refractivity contribution in [2.75, 3.05) is 0 Å². The van der Waals surface area contributed by atoms with E-state index in [0.717, 1.165) is 0 Å². The standard InChI is InChI=1S/C30H58N2/c1-5-8-10-12-14-15-16-17-18-19-20-22-24-28(4)32-27-26-31-30(32)29(7-3)25-23-21-13-11-9-6-2/h26-29H,5-25H2,1-4H3/p+1. The van der Waals surface area contributed by atoms with Crippen molar-refractivity contribution in [3.05, 3.63) is 18.2 Å². The van der Waals surface area contributed by atoms with E-state index >= 15 is 0 Å². The molecule has 1 rings (SSSR count). The second-order valence-electron chi connectivity index (χ2n) is 10.4. The zero-order chi connectivity index (χ0) is 23.3. The lowest BCUT2D eigenvalue weighted by molar-refractivity contribution is -0.727. The highest BCUT2D eigenvalue weighted by Gasteiger charge is 2.24. The molecular weight excluding hydrogens is 388 g/mol. The molecular formula is C30H59N2+. The number of aromatic nitrogens is 2. The third-order valence-electron chi connectivity index (χ3n) is 7.48. The highest BCUT2D eigenvalue weighted by atomic mass is 15.1. The number of rotatable bonds is 23. The Labute approximate surface area is 202 Å². The average Bonchev–Trinajstić information content (AvgIpc) is 3.29. The van der Waals surface area contributed by atoms with Crippen LogP contribution in [0.1, 0.15) is 180 Å². The van der Waals surface area contributed by atoms with Gasteiger partial charge in [-0.3, -0.25) is 0 Å². The van der Waals surface area contributed by atoms with Gasteiger partial charge in [-0.25, -0.2) is 9.55 Å². The maximum absolute atomic E-state index is 3.61. The first-order chi connectivity index (χ1) is 15.7. The summed E-state index contributed by atoms with van der Waals surface area (Å²) in [6.45, 7) is 9.39. The van der Waals surface area contributed by atoms with Gasteiger partial charge in [0, 0.05) is 0 Å². The predicted octanol–water partition coefficient (Wildman–Crippen LogP) is 10.2. The summed E-state index contributed by atoms with van der Waals surface area (Å²) in [7, 11) is 0. The third-order valence-corrected chi connectivity index (χ3v) is 7.48. The third kappa shape index (κ3) is 13.7. The first-order valence-electron chi connectivity index (χ1n) is 14.8. The normalized spacial score (nSPS) is 13.5. The van der Waals surface area contributed by atoms with Gasteiger partial charge in [0.1, 0.15) is 12.4 Å². The molecule has 0 radical (unpaired) electrons. The fraction of sp³-hybridized carbons (Fsp3) is 0.900. The van der Waals surface area contributed by atoms with Crippen LogP contribution in [0.3, 0.4) is 0 Å². The van der Waals surface area contributed by atoms with Crippen LogP contribution in [-0.4, -0.2) is 4.98 Å². The molecule has 1 heterocycles.